The second kappa shape index (κ2) is 9.97. The fraction of sp³-hybridized carbons (Fsp3) is 0.200. The molecule has 0 fully saturated rings. The van der Waals surface area contributed by atoms with E-state index in [4.69, 9.17) is 0 Å². The van der Waals surface area contributed by atoms with Crippen molar-refractivity contribution in [3.05, 3.63) is 91.5 Å². The maximum absolute atomic E-state index is 12.4. The van der Waals surface area contributed by atoms with Gasteiger partial charge >= 0.3 is 0 Å². The van der Waals surface area contributed by atoms with Crippen molar-refractivity contribution in [2.24, 2.45) is 5.18 Å². The normalized spacial score (nSPS) is 12.7. The summed E-state index contributed by atoms with van der Waals surface area (Å²) in [7, 11) is 0. The average Bonchev–Trinajstić information content (AvgIpc) is 3.51. The molecule has 1 aliphatic carbocycles. The molecule has 0 spiro atoms. The number of fused-ring (bicyclic) bond motifs is 1. The maximum Gasteiger partial charge on any atom is 0.296 e. The molecule has 0 aliphatic heterocycles. The Balaban J connectivity index is 1.84. The zero-order chi connectivity index (χ0) is 26.2. The highest BCUT2D eigenvalue weighted by Crippen LogP contribution is 2.38. The number of carbonyl (C=O) groups is 1. The highest BCUT2D eigenvalue weighted by molar-refractivity contribution is 7.98. The molecule has 2 heterocycles. The first-order valence-electron chi connectivity index (χ1n) is 12.0. The molecule has 0 unspecified atom stereocenters. The molecular formula is C30H25N3O2S2. The summed E-state index contributed by atoms with van der Waals surface area (Å²) < 4.78 is 2.25. The van der Waals surface area contributed by atoms with Gasteiger partial charge in [0.25, 0.3) is 5.91 Å². The number of nitroso groups, excluding NO2 is 1. The number of hydrogen-bond donors (Lipinski definition) is 0. The van der Waals surface area contributed by atoms with Gasteiger partial charge in [0.05, 0.1) is 16.5 Å². The first-order valence-corrected chi connectivity index (χ1v) is 13.7. The Labute approximate surface area is 223 Å². The van der Waals surface area contributed by atoms with Crippen LogP contribution >= 0.6 is 23.3 Å². The summed E-state index contributed by atoms with van der Waals surface area (Å²) in [5.41, 5.74) is 4.64. The number of amides is 1. The third kappa shape index (κ3) is 4.48. The Morgan fingerprint density at radius 1 is 1.11 bits per heavy atom. The monoisotopic (exact) mass is 523 g/mol. The van der Waals surface area contributed by atoms with Crippen LogP contribution in [0.3, 0.4) is 0 Å². The summed E-state index contributed by atoms with van der Waals surface area (Å²) in [6, 6.07) is 20.6. The van der Waals surface area contributed by atoms with Crippen molar-refractivity contribution in [2.45, 2.75) is 43.9 Å². The molecule has 37 heavy (non-hydrogen) atoms. The number of nitrogens with zero attached hydrogens (tertiary/aromatic N) is 3. The molecule has 0 atom stereocenters. The quantitative estimate of drug-likeness (QED) is 0.269. The minimum atomic E-state index is -1.06. The zero-order valence-corrected chi connectivity index (χ0v) is 22.5. The summed E-state index contributed by atoms with van der Waals surface area (Å²) in [5.74, 6) is -0.708. The minimum absolute atomic E-state index is 0.664. The molecule has 4 aromatic rings. The largest absolute Gasteiger partial charge is 0.296 e. The van der Waals surface area contributed by atoms with Crippen molar-refractivity contribution in [2.75, 3.05) is 0 Å². The van der Waals surface area contributed by atoms with Gasteiger partial charge in [0.2, 0.25) is 0 Å². The number of benzene rings is 2. The zero-order valence-electron chi connectivity index (χ0n) is 20.8. The second-order valence-corrected chi connectivity index (χ2v) is 11.5. The SMILES string of the molecule is Cc1ccc(Sn2c(-c3cccc(C(C)(C)C(=O)N=O)c3)c(-c3ccsc3C#N)c3c2=CCCC=3)cc1. The van der Waals surface area contributed by atoms with Gasteiger partial charge in [0.15, 0.2) is 0 Å². The van der Waals surface area contributed by atoms with Gasteiger partial charge < -0.3 is 0 Å². The molecule has 0 saturated heterocycles. The van der Waals surface area contributed by atoms with Crippen molar-refractivity contribution >= 4 is 41.3 Å². The molecular weight excluding hydrogens is 498 g/mol. The Morgan fingerprint density at radius 3 is 2.59 bits per heavy atom. The Morgan fingerprint density at radius 2 is 1.86 bits per heavy atom. The second-order valence-electron chi connectivity index (χ2n) is 9.58. The lowest BCUT2D eigenvalue weighted by Crippen LogP contribution is -2.29. The summed E-state index contributed by atoms with van der Waals surface area (Å²) in [6.07, 6.45) is 6.38. The molecule has 0 N–H and O–H groups in total. The van der Waals surface area contributed by atoms with Crippen LogP contribution in [-0.4, -0.2) is 9.88 Å². The average molecular weight is 524 g/mol. The molecule has 2 aromatic carbocycles. The first-order chi connectivity index (χ1) is 17.8. The van der Waals surface area contributed by atoms with E-state index in [2.05, 4.69) is 58.6 Å². The van der Waals surface area contributed by atoms with Gasteiger partial charge in [-0.05, 0) is 80.8 Å². The molecule has 184 valence electrons. The lowest BCUT2D eigenvalue weighted by molar-refractivity contribution is -0.122. The van der Waals surface area contributed by atoms with Gasteiger partial charge in [-0.2, -0.15) is 5.26 Å². The number of rotatable bonds is 6. The smallest absolute Gasteiger partial charge is 0.279 e. The molecule has 2 aromatic heterocycles. The first kappa shape index (κ1) is 24.9. The van der Waals surface area contributed by atoms with E-state index >= 15 is 0 Å². The van der Waals surface area contributed by atoms with Crippen molar-refractivity contribution in [1.29, 1.82) is 5.26 Å². The van der Waals surface area contributed by atoms with Gasteiger partial charge in [0, 0.05) is 32.0 Å². The van der Waals surface area contributed by atoms with Crippen LogP contribution in [0, 0.1) is 23.2 Å². The van der Waals surface area contributed by atoms with Crippen molar-refractivity contribution in [3.8, 4) is 28.5 Å². The van der Waals surface area contributed by atoms with Gasteiger partial charge in [-0.1, -0.05) is 48.0 Å². The maximum atomic E-state index is 12.4. The third-order valence-corrected chi connectivity index (χ3v) is 8.65. The van der Waals surface area contributed by atoms with Crippen LogP contribution in [0.15, 0.2) is 70.0 Å². The van der Waals surface area contributed by atoms with Crippen LogP contribution in [0.4, 0.5) is 0 Å². The Bertz CT molecular complexity index is 1690. The van der Waals surface area contributed by atoms with Gasteiger partial charge in [0.1, 0.15) is 10.9 Å². The van der Waals surface area contributed by atoms with Gasteiger partial charge in [-0.15, -0.1) is 16.2 Å². The van der Waals surface area contributed by atoms with Crippen molar-refractivity contribution < 1.29 is 4.79 Å². The lowest BCUT2D eigenvalue weighted by Gasteiger charge is -2.21. The molecule has 1 aliphatic rings. The van der Waals surface area contributed by atoms with Crippen LogP contribution < -0.4 is 10.6 Å². The lowest BCUT2D eigenvalue weighted by atomic mass is 9.82. The van der Waals surface area contributed by atoms with Crippen LogP contribution in [0.5, 0.6) is 0 Å². The Hall–Kier alpha value is -3.73. The molecule has 7 heteroatoms. The number of aryl methyl sites for hydroxylation is 1. The van der Waals surface area contributed by atoms with Gasteiger partial charge in [-0.25, -0.2) is 0 Å². The van der Waals surface area contributed by atoms with Crippen molar-refractivity contribution in [3.63, 3.8) is 0 Å². The molecule has 0 saturated carbocycles. The molecule has 5 nitrogen and oxygen atoms in total. The summed E-state index contributed by atoms with van der Waals surface area (Å²) in [5, 5.41) is 16.8. The third-order valence-electron chi connectivity index (χ3n) is 6.79. The number of aromatic nitrogens is 1. The Kier molecular flexibility index (Phi) is 6.72. The molecule has 0 bridgehead atoms. The summed E-state index contributed by atoms with van der Waals surface area (Å²) in [6.45, 7) is 5.51. The highest BCUT2D eigenvalue weighted by atomic mass is 32.2. The molecule has 5 rings (SSSR count). The van der Waals surface area contributed by atoms with E-state index in [-0.39, 0.29) is 0 Å². The fourth-order valence-electron chi connectivity index (χ4n) is 4.65. The van der Waals surface area contributed by atoms with Crippen molar-refractivity contribution in [1.82, 2.24) is 3.97 Å². The number of nitriles is 1. The van der Waals surface area contributed by atoms with E-state index in [1.807, 2.05) is 35.7 Å². The van der Waals surface area contributed by atoms with Crippen LogP contribution in [-0.2, 0) is 10.2 Å². The van der Waals surface area contributed by atoms with E-state index in [9.17, 15) is 15.0 Å². The van der Waals surface area contributed by atoms with Crippen LogP contribution in [0.1, 0.15) is 42.7 Å². The molecule has 0 radical (unpaired) electrons. The van der Waals surface area contributed by atoms with E-state index in [1.165, 1.54) is 16.9 Å². The fourth-order valence-corrected chi connectivity index (χ4v) is 6.37. The predicted molar refractivity (Wildman–Crippen MR) is 152 cm³/mol. The molecule has 1 amide bonds. The summed E-state index contributed by atoms with van der Waals surface area (Å²) in [4.78, 5) is 25.3. The number of thiophene rings is 1. The minimum Gasteiger partial charge on any atom is -0.279 e. The van der Waals surface area contributed by atoms with Crippen LogP contribution in [0.2, 0.25) is 0 Å². The van der Waals surface area contributed by atoms with E-state index in [0.717, 1.165) is 50.7 Å². The van der Waals surface area contributed by atoms with E-state index in [1.54, 1.807) is 25.8 Å². The topological polar surface area (TPSA) is 75.2 Å². The van der Waals surface area contributed by atoms with Crippen LogP contribution in [0.25, 0.3) is 34.5 Å². The van der Waals surface area contributed by atoms with Gasteiger partial charge in [-0.3, -0.25) is 8.77 Å². The summed E-state index contributed by atoms with van der Waals surface area (Å²) >= 11 is 3.07. The highest BCUT2D eigenvalue weighted by Gasteiger charge is 2.32. The standard InChI is InChI=1S/C30H25N3O2S2/c1-19-11-13-22(14-12-19)37-33-25-10-5-4-9-23(25)27(24-15-16-36-26(24)18-31)28(33)20-7-6-8-21(17-20)30(2,3)29(34)32-35/h6-17H,4-5H2,1-3H3. The number of carbonyl (C=O) groups excluding carboxylic acids is 1. The van der Waals surface area contributed by atoms with E-state index in [0.29, 0.717) is 10.4 Å². The predicted octanol–water partition coefficient (Wildman–Crippen LogP) is 6.54. The number of hydrogen-bond acceptors (Lipinski definition) is 5. The van der Waals surface area contributed by atoms with E-state index < -0.39 is 11.3 Å².